The van der Waals surface area contributed by atoms with E-state index in [4.69, 9.17) is 4.74 Å². The summed E-state index contributed by atoms with van der Waals surface area (Å²) in [6.45, 7) is 2.17. The van der Waals surface area contributed by atoms with Crippen LogP contribution in [-0.4, -0.2) is 25.9 Å². The molecule has 0 saturated heterocycles. The van der Waals surface area contributed by atoms with E-state index in [0.717, 1.165) is 31.7 Å². The van der Waals surface area contributed by atoms with Gasteiger partial charge in [0.2, 0.25) is 0 Å². The van der Waals surface area contributed by atoms with Gasteiger partial charge in [-0.15, -0.1) is 0 Å². The molecule has 0 radical (unpaired) electrons. The predicted molar refractivity (Wildman–Crippen MR) is 124 cm³/mol. The van der Waals surface area contributed by atoms with Crippen LogP contribution in [0.15, 0.2) is 52.3 Å². The summed E-state index contributed by atoms with van der Waals surface area (Å²) in [6.07, 6.45) is 9.13. The second-order valence-corrected chi connectivity index (χ2v) is 10.2. The van der Waals surface area contributed by atoms with Gasteiger partial charge < -0.3 is 10.9 Å². The molecule has 10 heteroatoms. The summed E-state index contributed by atoms with van der Waals surface area (Å²) in [6, 6.07) is 10.6. The lowest BCUT2D eigenvalue weighted by atomic mass is 10.0. The molecule has 0 aromatic heterocycles. The number of aryl methyl sites for hydroxylation is 1. The minimum atomic E-state index is -5.00. The van der Waals surface area contributed by atoms with Crippen LogP contribution < -0.4 is 10.9 Å². The first-order valence-corrected chi connectivity index (χ1v) is 13.4. The molecule has 2 aromatic carbocycles. The first kappa shape index (κ1) is 28.1. The third-order valence-corrected chi connectivity index (χ3v) is 6.90. The van der Waals surface area contributed by atoms with Crippen molar-refractivity contribution in [2.45, 2.75) is 74.5 Å². The maximum Gasteiger partial charge on any atom is 0.299 e. The number of ether oxygens (including phenoxy) is 1. The Labute approximate surface area is 191 Å². The Morgan fingerprint density at radius 3 is 1.84 bits per heavy atom. The lowest BCUT2D eigenvalue weighted by Crippen LogP contribution is -2.11. The van der Waals surface area contributed by atoms with Crippen LogP contribution in [0, 0.1) is 0 Å². The highest BCUT2D eigenvalue weighted by Crippen LogP contribution is 2.38. The molecule has 0 heterocycles. The largest absolute Gasteiger partial charge is 0.456 e. The van der Waals surface area contributed by atoms with Gasteiger partial charge in [-0.25, -0.2) is 0 Å². The normalized spacial score (nSPS) is 11.7. The molecule has 0 spiro atoms. The van der Waals surface area contributed by atoms with Crippen molar-refractivity contribution in [3.8, 4) is 11.5 Å². The fourth-order valence-electron chi connectivity index (χ4n) is 3.40. The molecule has 32 heavy (non-hydrogen) atoms. The summed E-state index contributed by atoms with van der Waals surface area (Å²) >= 11 is 0. The fraction of sp³-hybridized carbons (Fsp3) is 0.455. The Bertz CT molecular complexity index is 1050. The van der Waals surface area contributed by atoms with E-state index in [2.05, 4.69) is 6.92 Å². The lowest BCUT2D eigenvalue weighted by Gasteiger charge is -2.16. The summed E-state index contributed by atoms with van der Waals surface area (Å²) in [4.78, 5) is -1.86. The maximum atomic E-state index is 12.1. The average molecular weight is 488 g/mol. The van der Waals surface area contributed by atoms with Gasteiger partial charge in [-0.2, -0.15) is 16.8 Å². The van der Waals surface area contributed by atoms with Gasteiger partial charge >= 0.3 is 0 Å². The molecule has 8 nitrogen and oxygen atoms in total. The molecule has 0 aliphatic rings. The van der Waals surface area contributed by atoms with Gasteiger partial charge in [0.25, 0.3) is 20.2 Å². The van der Waals surface area contributed by atoms with E-state index in [1.54, 1.807) is 30.3 Å². The Hall–Kier alpha value is -1.98. The van der Waals surface area contributed by atoms with E-state index in [-0.39, 0.29) is 17.6 Å². The summed E-state index contributed by atoms with van der Waals surface area (Å²) < 4.78 is 72.6. The van der Waals surface area contributed by atoms with E-state index in [1.807, 2.05) is 0 Å². The van der Waals surface area contributed by atoms with Crippen LogP contribution in [0.4, 0.5) is 0 Å². The summed E-state index contributed by atoms with van der Waals surface area (Å²) in [7, 11) is -9.91. The topological polar surface area (TPSA) is 153 Å². The SMILES string of the molecule is CCCCCCCCCCc1ccc(S(=O)(=O)O)c(S(=O)(=O)O)c1Oc1ccccc1.N. The summed E-state index contributed by atoms with van der Waals surface area (Å²) in [5, 5.41) is 0. The van der Waals surface area contributed by atoms with Crippen LogP contribution in [0.5, 0.6) is 11.5 Å². The van der Waals surface area contributed by atoms with Crippen molar-refractivity contribution < 1.29 is 30.7 Å². The van der Waals surface area contributed by atoms with E-state index < -0.39 is 30.0 Å². The molecule has 2 aromatic rings. The molecular formula is C22H33NO7S2. The molecule has 0 amide bonds. The maximum absolute atomic E-state index is 12.1. The summed E-state index contributed by atoms with van der Waals surface area (Å²) in [5.74, 6) is -0.0103. The van der Waals surface area contributed by atoms with E-state index in [1.165, 1.54) is 31.7 Å². The molecule has 5 N–H and O–H groups in total. The van der Waals surface area contributed by atoms with E-state index >= 15 is 0 Å². The first-order valence-electron chi connectivity index (χ1n) is 10.5. The molecule has 0 atom stereocenters. The van der Waals surface area contributed by atoms with Crippen molar-refractivity contribution in [3.05, 3.63) is 48.0 Å². The molecule has 0 unspecified atom stereocenters. The highest BCUT2D eigenvalue weighted by molar-refractivity contribution is 7.89. The number of para-hydroxylation sites is 1. The van der Waals surface area contributed by atoms with Crippen LogP contribution in [0.3, 0.4) is 0 Å². The molecule has 0 bridgehead atoms. The van der Waals surface area contributed by atoms with Crippen LogP contribution in [0.1, 0.15) is 63.9 Å². The monoisotopic (exact) mass is 487 g/mol. The van der Waals surface area contributed by atoms with Gasteiger partial charge in [0.05, 0.1) is 0 Å². The van der Waals surface area contributed by atoms with Crippen molar-refractivity contribution in [3.63, 3.8) is 0 Å². The molecule has 0 fully saturated rings. The highest BCUT2D eigenvalue weighted by atomic mass is 32.2. The number of benzene rings is 2. The number of hydrogen-bond donors (Lipinski definition) is 3. The molecule has 2 rings (SSSR count). The number of rotatable bonds is 13. The summed E-state index contributed by atoms with van der Waals surface area (Å²) in [5.41, 5.74) is 0.440. The Morgan fingerprint density at radius 2 is 1.31 bits per heavy atom. The van der Waals surface area contributed by atoms with Crippen LogP contribution >= 0.6 is 0 Å². The third kappa shape index (κ3) is 8.51. The first-order chi connectivity index (χ1) is 14.6. The quantitative estimate of drug-likeness (QED) is 0.236. The van der Waals surface area contributed by atoms with E-state index in [9.17, 15) is 25.9 Å². The van der Waals surface area contributed by atoms with E-state index in [0.29, 0.717) is 12.0 Å². The van der Waals surface area contributed by atoms with Gasteiger partial charge in [-0.05, 0) is 36.6 Å². The second kappa shape index (κ2) is 12.9. The minimum absolute atomic E-state index is 0. The van der Waals surface area contributed by atoms with Gasteiger partial charge in [-0.1, -0.05) is 76.1 Å². The zero-order valence-corrected chi connectivity index (χ0v) is 20.0. The Morgan fingerprint density at radius 1 is 0.750 bits per heavy atom. The Balaban J connectivity index is 0.00000512. The van der Waals surface area contributed by atoms with Crippen molar-refractivity contribution in [2.75, 3.05) is 0 Å². The molecular weight excluding hydrogens is 454 g/mol. The molecule has 0 aliphatic carbocycles. The molecule has 0 saturated carbocycles. The van der Waals surface area contributed by atoms with Gasteiger partial charge in [0, 0.05) is 0 Å². The predicted octanol–water partition coefficient (Wildman–Crippen LogP) is 5.82. The second-order valence-electron chi connectivity index (χ2n) is 7.47. The Kier molecular flexibility index (Phi) is 11.3. The van der Waals surface area contributed by atoms with Crippen molar-refractivity contribution in [1.82, 2.24) is 6.15 Å². The van der Waals surface area contributed by atoms with Crippen LogP contribution in [-0.2, 0) is 26.7 Å². The third-order valence-electron chi connectivity index (χ3n) is 4.96. The van der Waals surface area contributed by atoms with Crippen LogP contribution in [0.25, 0.3) is 0 Å². The smallest absolute Gasteiger partial charge is 0.299 e. The fourth-order valence-corrected chi connectivity index (χ4v) is 5.33. The minimum Gasteiger partial charge on any atom is -0.456 e. The van der Waals surface area contributed by atoms with Gasteiger partial charge in [0.1, 0.15) is 10.6 Å². The number of hydrogen-bond acceptors (Lipinski definition) is 6. The molecule has 0 aliphatic heterocycles. The number of unbranched alkanes of at least 4 members (excludes halogenated alkanes) is 7. The average Bonchev–Trinajstić information content (AvgIpc) is 2.69. The van der Waals surface area contributed by atoms with Crippen molar-refractivity contribution in [2.24, 2.45) is 0 Å². The van der Waals surface area contributed by atoms with Gasteiger partial charge in [0.15, 0.2) is 10.6 Å². The standard InChI is InChI=1S/C22H30O7S2.H3N/c1-2-3-4-5-6-7-8-10-13-18-16-17-20(30(23,24)25)22(31(26,27)28)21(18)29-19-14-11-9-12-15-19;/h9,11-12,14-17H,2-8,10,13H2,1H3,(H,23,24,25)(H,26,27,28);1H3. The van der Waals surface area contributed by atoms with Gasteiger partial charge in [-0.3, -0.25) is 9.11 Å². The van der Waals surface area contributed by atoms with Crippen LogP contribution in [0.2, 0.25) is 0 Å². The van der Waals surface area contributed by atoms with Crippen molar-refractivity contribution >= 4 is 20.2 Å². The zero-order valence-electron chi connectivity index (χ0n) is 18.4. The lowest BCUT2D eigenvalue weighted by molar-refractivity contribution is 0.432. The molecule has 180 valence electrons. The zero-order chi connectivity index (χ0) is 22.9. The highest BCUT2D eigenvalue weighted by Gasteiger charge is 2.30. The van der Waals surface area contributed by atoms with Crippen molar-refractivity contribution in [1.29, 1.82) is 0 Å².